The summed E-state index contributed by atoms with van der Waals surface area (Å²) in [5.74, 6) is -0.763. The molecule has 3 N–H and O–H groups in total. The molecule has 3 heterocycles. The Morgan fingerprint density at radius 3 is 2.56 bits per heavy atom. The average Bonchev–Trinajstić information content (AvgIpc) is 3.14. The van der Waals surface area contributed by atoms with Gasteiger partial charge in [0, 0.05) is 30.1 Å². The molecule has 0 radical (unpaired) electrons. The van der Waals surface area contributed by atoms with Crippen LogP contribution in [0.3, 0.4) is 0 Å². The van der Waals surface area contributed by atoms with E-state index in [1.54, 1.807) is 10.7 Å². The highest BCUT2D eigenvalue weighted by Crippen LogP contribution is 2.37. The number of anilines is 1. The smallest absolute Gasteiger partial charge is 0.274 e. The molecule has 0 aliphatic carbocycles. The van der Waals surface area contributed by atoms with Crippen LogP contribution in [-0.2, 0) is 13.0 Å². The van der Waals surface area contributed by atoms with Gasteiger partial charge in [0.15, 0.2) is 0 Å². The van der Waals surface area contributed by atoms with Crippen molar-refractivity contribution in [3.63, 3.8) is 0 Å². The van der Waals surface area contributed by atoms with E-state index in [4.69, 9.17) is 5.73 Å². The van der Waals surface area contributed by atoms with E-state index in [9.17, 15) is 9.59 Å². The monoisotopic (exact) mass is 389 g/mol. The fourth-order valence-electron chi connectivity index (χ4n) is 3.46. The second-order valence-electron chi connectivity index (χ2n) is 7.55. The van der Waals surface area contributed by atoms with Crippen molar-refractivity contribution < 1.29 is 9.59 Å². The fraction of sp³-hybridized carbons (Fsp3) is 0.526. The van der Waals surface area contributed by atoms with E-state index in [0.29, 0.717) is 22.3 Å². The molecule has 0 unspecified atom stereocenters. The molecule has 0 bridgehead atoms. The molecule has 1 aliphatic rings. The number of amides is 2. The van der Waals surface area contributed by atoms with Crippen LogP contribution >= 0.6 is 11.3 Å². The average molecular weight is 390 g/mol. The van der Waals surface area contributed by atoms with E-state index in [2.05, 4.69) is 29.2 Å². The largest absolute Gasteiger partial charge is 0.365 e. The molecule has 7 nitrogen and oxygen atoms in total. The van der Waals surface area contributed by atoms with Crippen LogP contribution in [-0.4, -0.2) is 39.1 Å². The van der Waals surface area contributed by atoms with Gasteiger partial charge in [0.1, 0.15) is 10.7 Å². The zero-order valence-corrected chi connectivity index (χ0v) is 17.3. The molecular formula is C19H27N5O2S. The SMILES string of the molecule is Cc1cc(C(=O)Nc2sc3c(c2C(N)=O)CCN(C(C)C)C3)n(C(C)C)n1. The Morgan fingerprint density at radius 2 is 1.96 bits per heavy atom. The van der Waals surface area contributed by atoms with Crippen LogP contribution in [0.15, 0.2) is 6.07 Å². The molecule has 2 aromatic rings. The second-order valence-corrected chi connectivity index (χ2v) is 8.65. The van der Waals surface area contributed by atoms with Gasteiger partial charge >= 0.3 is 0 Å². The Hall–Kier alpha value is -2.19. The summed E-state index contributed by atoms with van der Waals surface area (Å²) in [4.78, 5) is 28.5. The Labute approximate surface area is 163 Å². The first kappa shape index (κ1) is 19.6. The lowest BCUT2D eigenvalue weighted by molar-refractivity contribution is 0.0999. The number of nitrogens with two attached hydrogens (primary N) is 1. The second kappa shape index (κ2) is 7.44. The Bertz CT molecular complexity index is 881. The number of thiophene rings is 1. The fourth-order valence-corrected chi connectivity index (χ4v) is 4.73. The van der Waals surface area contributed by atoms with Crippen molar-refractivity contribution in [2.75, 3.05) is 11.9 Å². The van der Waals surface area contributed by atoms with Crippen molar-refractivity contribution in [2.24, 2.45) is 5.73 Å². The number of carbonyl (C=O) groups excluding carboxylic acids is 2. The minimum Gasteiger partial charge on any atom is -0.365 e. The van der Waals surface area contributed by atoms with E-state index in [1.165, 1.54) is 11.3 Å². The Kier molecular flexibility index (Phi) is 5.39. The predicted molar refractivity (Wildman–Crippen MR) is 107 cm³/mol. The van der Waals surface area contributed by atoms with Crippen molar-refractivity contribution in [1.29, 1.82) is 0 Å². The van der Waals surface area contributed by atoms with Gasteiger partial charge in [-0.1, -0.05) is 0 Å². The highest BCUT2D eigenvalue weighted by molar-refractivity contribution is 7.17. The minimum absolute atomic E-state index is 0.0613. The minimum atomic E-state index is -0.491. The van der Waals surface area contributed by atoms with Crippen molar-refractivity contribution in [1.82, 2.24) is 14.7 Å². The van der Waals surface area contributed by atoms with Crippen LogP contribution in [0.4, 0.5) is 5.00 Å². The third-order valence-corrected chi connectivity index (χ3v) is 6.00. The maximum atomic E-state index is 12.9. The van der Waals surface area contributed by atoms with Gasteiger partial charge in [-0.3, -0.25) is 19.2 Å². The van der Waals surface area contributed by atoms with E-state index in [0.717, 1.165) is 35.6 Å². The summed E-state index contributed by atoms with van der Waals surface area (Å²) < 4.78 is 1.70. The van der Waals surface area contributed by atoms with Gasteiger partial charge in [0.25, 0.3) is 11.8 Å². The first-order valence-corrected chi connectivity index (χ1v) is 10.1. The van der Waals surface area contributed by atoms with E-state index < -0.39 is 5.91 Å². The molecule has 0 saturated heterocycles. The van der Waals surface area contributed by atoms with Crippen molar-refractivity contribution in [3.8, 4) is 0 Å². The molecular weight excluding hydrogens is 362 g/mol. The molecule has 3 rings (SSSR count). The maximum Gasteiger partial charge on any atom is 0.274 e. The van der Waals surface area contributed by atoms with Crippen LogP contribution in [0.1, 0.15) is 70.7 Å². The van der Waals surface area contributed by atoms with Crippen molar-refractivity contribution in [2.45, 2.75) is 59.7 Å². The van der Waals surface area contributed by atoms with E-state index >= 15 is 0 Å². The molecule has 0 fully saturated rings. The number of fused-ring (bicyclic) bond motifs is 1. The molecule has 0 aromatic carbocycles. The summed E-state index contributed by atoms with van der Waals surface area (Å²) in [5, 5.41) is 7.84. The molecule has 27 heavy (non-hydrogen) atoms. The Morgan fingerprint density at radius 1 is 1.26 bits per heavy atom. The summed E-state index contributed by atoms with van der Waals surface area (Å²) in [6.45, 7) is 11.8. The van der Waals surface area contributed by atoms with Gasteiger partial charge in [0.2, 0.25) is 0 Å². The number of nitrogens with zero attached hydrogens (tertiary/aromatic N) is 3. The molecule has 0 spiro atoms. The van der Waals surface area contributed by atoms with E-state index in [1.807, 2.05) is 20.8 Å². The van der Waals surface area contributed by atoms with Gasteiger partial charge in [-0.05, 0) is 52.7 Å². The third-order valence-electron chi connectivity index (χ3n) is 4.87. The molecule has 2 aromatic heterocycles. The lowest BCUT2D eigenvalue weighted by atomic mass is 10.0. The number of rotatable bonds is 5. The van der Waals surface area contributed by atoms with Crippen molar-refractivity contribution >= 4 is 28.2 Å². The summed E-state index contributed by atoms with van der Waals surface area (Å²) in [7, 11) is 0. The van der Waals surface area contributed by atoms with Crippen LogP contribution in [0.25, 0.3) is 0 Å². The predicted octanol–water partition coefficient (Wildman–Crippen LogP) is 2.95. The van der Waals surface area contributed by atoms with Crippen molar-refractivity contribution in [3.05, 3.63) is 33.5 Å². The van der Waals surface area contributed by atoms with E-state index in [-0.39, 0.29) is 11.9 Å². The molecule has 1 aliphatic heterocycles. The molecule has 0 atom stereocenters. The lowest BCUT2D eigenvalue weighted by Crippen LogP contribution is -2.35. The first-order chi connectivity index (χ1) is 12.7. The van der Waals surface area contributed by atoms with Crippen LogP contribution in [0, 0.1) is 6.92 Å². The molecule has 0 saturated carbocycles. The van der Waals surface area contributed by atoms with Gasteiger partial charge in [0.05, 0.1) is 11.3 Å². The van der Waals surface area contributed by atoms with Crippen LogP contribution in [0.5, 0.6) is 0 Å². The molecule has 2 amide bonds. The summed E-state index contributed by atoms with van der Waals surface area (Å²) in [6.07, 6.45) is 0.765. The summed E-state index contributed by atoms with van der Waals surface area (Å²) in [5.41, 5.74) is 8.36. The number of aromatic nitrogens is 2. The summed E-state index contributed by atoms with van der Waals surface area (Å²) in [6, 6.07) is 2.25. The topological polar surface area (TPSA) is 93.2 Å². The lowest BCUT2D eigenvalue weighted by Gasteiger charge is -2.30. The van der Waals surface area contributed by atoms with Crippen LogP contribution in [0.2, 0.25) is 0 Å². The first-order valence-electron chi connectivity index (χ1n) is 9.25. The zero-order chi connectivity index (χ0) is 19.9. The Balaban J connectivity index is 1.94. The third kappa shape index (κ3) is 3.77. The highest BCUT2D eigenvalue weighted by atomic mass is 32.1. The van der Waals surface area contributed by atoms with Gasteiger partial charge in [-0.15, -0.1) is 11.3 Å². The van der Waals surface area contributed by atoms with Gasteiger partial charge in [-0.2, -0.15) is 5.10 Å². The zero-order valence-electron chi connectivity index (χ0n) is 16.5. The standard InChI is InChI=1S/C19H27N5O2S/c1-10(2)23-7-6-13-15(9-23)27-19(16(13)17(20)25)21-18(26)14-8-12(5)22-24(14)11(3)4/h8,10-11H,6-7,9H2,1-5H3,(H2,20,25)(H,21,26). The highest BCUT2D eigenvalue weighted by Gasteiger charge is 2.29. The quantitative estimate of drug-likeness (QED) is 0.822. The number of hydrogen-bond donors (Lipinski definition) is 2. The molecule has 8 heteroatoms. The van der Waals surface area contributed by atoms with Crippen LogP contribution < -0.4 is 11.1 Å². The van der Waals surface area contributed by atoms with Gasteiger partial charge < -0.3 is 11.1 Å². The maximum absolute atomic E-state index is 12.9. The summed E-state index contributed by atoms with van der Waals surface area (Å²) >= 11 is 1.45. The number of nitrogens with one attached hydrogen (secondary N) is 1. The number of aryl methyl sites for hydroxylation is 1. The number of hydrogen-bond acceptors (Lipinski definition) is 5. The van der Waals surface area contributed by atoms with Gasteiger partial charge in [-0.25, -0.2) is 0 Å². The molecule has 146 valence electrons. The number of carbonyl (C=O) groups is 2. The number of primary amides is 1. The normalized spacial score (nSPS) is 14.6.